The van der Waals surface area contributed by atoms with Gasteiger partial charge in [0.05, 0.1) is 6.10 Å². The molecule has 1 amide bonds. The van der Waals surface area contributed by atoms with E-state index >= 15 is 0 Å². The molecule has 1 aliphatic heterocycles. The highest BCUT2D eigenvalue weighted by atomic mass is 16.3. The Morgan fingerprint density at radius 1 is 1.11 bits per heavy atom. The fourth-order valence-electron chi connectivity index (χ4n) is 3.41. The number of rotatable bonds is 1. The molecule has 0 radical (unpaired) electrons. The van der Waals surface area contributed by atoms with E-state index in [2.05, 4.69) is 20.8 Å². The van der Waals surface area contributed by atoms with Crippen molar-refractivity contribution in [2.45, 2.75) is 59.0 Å². The Balaban J connectivity index is 1.84. The van der Waals surface area contributed by atoms with Gasteiger partial charge in [-0.05, 0) is 43.4 Å². The minimum atomic E-state index is -0.292. The number of carbonyl (C=O) groups excluding carboxylic acids is 1. The van der Waals surface area contributed by atoms with Crippen LogP contribution in [-0.4, -0.2) is 35.1 Å². The lowest BCUT2D eigenvalue weighted by atomic mass is 9.69. The van der Waals surface area contributed by atoms with Crippen LogP contribution in [0.2, 0.25) is 0 Å². The molecule has 1 N–H and O–H groups in total. The van der Waals surface area contributed by atoms with Crippen LogP contribution in [0.15, 0.2) is 0 Å². The van der Waals surface area contributed by atoms with Crippen molar-refractivity contribution in [2.75, 3.05) is 13.1 Å². The molecule has 2 fully saturated rings. The third-order valence-corrected chi connectivity index (χ3v) is 4.78. The van der Waals surface area contributed by atoms with Crippen molar-refractivity contribution >= 4 is 5.91 Å². The SMILES string of the molecule is CC(C)(C)C1CCC(C(=O)N2CCC(O)C2)CC1. The first-order valence-corrected chi connectivity index (χ1v) is 7.35. The molecule has 0 aromatic rings. The summed E-state index contributed by atoms with van der Waals surface area (Å²) < 4.78 is 0. The van der Waals surface area contributed by atoms with Gasteiger partial charge in [0.1, 0.15) is 0 Å². The van der Waals surface area contributed by atoms with E-state index in [4.69, 9.17) is 0 Å². The van der Waals surface area contributed by atoms with Crippen LogP contribution in [0.3, 0.4) is 0 Å². The van der Waals surface area contributed by atoms with Crippen LogP contribution in [0.25, 0.3) is 0 Å². The Kier molecular flexibility index (Phi) is 4.00. The number of amides is 1. The summed E-state index contributed by atoms with van der Waals surface area (Å²) in [6.45, 7) is 8.21. The highest BCUT2D eigenvalue weighted by Gasteiger charge is 2.35. The molecular formula is C15H27NO2. The van der Waals surface area contributed by atoms with E-state index in [1.807, 2.05) is 4.90 Å². The largest absolute Gasteiger partial charge is 0.391 e. The zero-order valence-electron chi connectivity index (χ0n) is 12.0. The van der Waals surface area contributed by atoms with Crippen LogP contribution < -0.4 is 0 Å². The summed E-state index contributed by atoms with van der Waals surface area (Å²) in [5.41, 5.74) is 0.373. The Morgan fingerprint density at radius 2 is 1.72 bits per heavy atom. The molecule has 1 saturated carbocycles. The Labute approximate surface area is 111 Å². The first-order chi connectivity index (χ1) is 8.38. The molecule has 0 aromatic heterocycles. The van der Waals surface area contributed by atoms with E-state index in [9.17, 15) is 9.90 Å². The average molecular weight is 253 g/mol. The van der Waals surface area contributed by atoms with Crippen LogP contribution in [0.1, 0.15) is 52.9 Å². The number of aliphatic hydroxyl groups is 1. The number of β-amino-alcohol motifs (C(OH)–C–C–N with tert-alkyl or cyclic N) is 1. The molecule has 3 heteroatoms. The van der Waals surface area contributed by atoms with E-state index in [0.717, 1.165) is 31.7 Å². The van der Waals surface area contributed by atoms with Gasteiger partial charge < -0.3 is 10.0 Å². The molecule has 3 nitrogen and oxygen atoms in total. The Hall–Kier alpha value is -0.570. The molecule has 0 spiro atoms. The summed E-state index contributed by atoms with van der Waals surface area (Å²) in [5.74, 6) is 1.26. The molecule has 2 aliphatic rings. The Morgan fingerprint density at radius 3 is 2.17 bits per heavy atom. The van der Waals surface area contributed by atoms with Gasteiger partial charge in [0.2, 0.25) is 5.91 Å². The fraction of sp³-hybridized carbons (Fsp3) is 0.933. The maximum Gasteiger partial charge on any atom is 0.225 e. The van der Waals surface area contributed by atoms with Crippen molar-refractivity contribution in [1.82, 2.24) is 4.90 Å². The van der Waals surface area contributed by atoms with Gasteiger partial charge >= 0.3 is 0 Å². The minimum Gasteiger partial charge on any atom is -0.391 e. The second kappa shape index (κ2) is 5.20. The third kappa shape index (κ3) is 3.05. The van der Waals surface area contributed by atoms with E-state index in [1.165, 1.54) is 12.8 Å². The van der Waals surface area contributed by atoms with Gasteiger partial charge in [-0.3, -0.25) is 4.79 Å². The molecule has 1 saturated heterocycles. The maximum atomic E-state index is 12.3. The fourth-order valence-corrected chi connectivity index (χ4v) is 3.41. The molecule has 1 aliphatic carbocycles. The zero-order valence-corrected chi connectivity index (χ0v) is 12.0. The topological polar surface area (TPSA) is 40.5 Å². The highest BCUT2D eigenvalue weighted by molar-refractivity contribution is 5.79. The van der Waals surface area contributed by atoms with Gasteiger partial charge in [-0.15, -0.1) is 0 Å². The molecular weight excluding hydrogens is 226 g/mol. The smallest absolute Gasteiger partial charge is 0.225 e. The number of nitrogens with zero attached hydrogens (tertiary/aromatic N) is 1. The summed E-state index contributed by atoms with van der Waals surface area (Å²) in [6.07, 6.45) is 4.89. The number of hydrogen-bond donors (Lipinski definition) is 1. The minimum absolute atomic E-state index is 0.217. The van der Waals surface area contributed by atoms with Gasteiger partial charge in [-0.1, -0.05) is 20.8 Å². The highest BCUT2D eigenvalue weighted by Crippen LogP contribution is 2.40. The number of likely N-dealkylation sites (tertiary alicyclic amines) is 1. The standard InChI is InChI=1S/C15H27NO2/c1-15(2,3)12-6-4-11(5-7-12)14(18)16-9-8-13(17)10-16/h11-13,17H,4-10H2,1-3H3. The van der Waals surface area contributed by atoms with Crippen LogP contribution in [-0.2, 0) is 4.79 Å². The molecule has 1 heterocycles. The van der Waals surface area contributed by atoms with Gasteiger partial charge in [-0.25, -0.2) is 0 Å². The molecule has 1 unspecified atom stereocenters. The predicted molar refractivity (Wildman–Crippen MR) is 72.1 cm³/mol. The lowest BCUT2D eigenvalue weighted by Gasteiger charge is -2.37. The summed E-state index contributed by atoms with van der Waals surface area (Å²) in [5, 5.41) is 9.50. The normalized spacial score (nSPS) is 33.8. The van der Waals surface area contributed by atoms with Crippen LogP contribution >= 0.6 is 0 Å². The van der Waals surface area contributed by atoms with Gasteiger partial charge in [0.25, 0.3) is 0 Å². The Bertz CT molecular complexity index is 300. The van der Waals surface area contributed by atoms with Crippen molar-refractivity contribution in [2.24, 2.45) is 17.3 Å². The summed E-state index contributed by atoms with van der Waals surface area (Å²) in [4.78, 5) is 14.2. The third-order valence-electron chi connectivity index (χ3n) is 4.78. The predicted octanol–water partition coefficient (Wildman–Crippen LogP) is 2.43. The van der Waals surface area contributed by atoms with Crippen LogP contribution in [0.5, 0.6) is 0 Å². The van der Waals surface area contributed by atoms with Crippen molar-refractivity contribution in [1.29, 1.82) is 0 Å². The maximum absolute atomic E-state index is 12.3. The average Bonchev–Trinajstić information content (AvgIpc) is 2.74. The molecule has 0 bridgehead atoms. The number of aliphatic hydroxyl groups excluding tert-OH is 1. The van der Waals surface area contributed by atoms with E-state index in [-0.39, 0.29) is 12.0 Å². The molecule has 1 atom stereocenters. The van der Waals surface area contributed by atoms with Gasteiger partial charge in [0, 0.05) is 19.0 Å². The van der Waals surface area contributed by atoms with E-state index in [0.29, 0.717) is 17.9 Å². The first-order valence-electron chi connectivity index (χ1n) is 7.35. The molecule has 2 rings (SSSR count). The summed E-state index contributed by atoms with van der Waals surface area (Å²) >= 11 is 0. The lowest BCUT2D eigenvalue weighted by Crippen LogP contribution is -2.38. The van der Waals surface area contributed by atoms with Crippen molar-refractivity contribution in [3.8, 4) is 0 Å². The van der Waals surface area contributed by atoms with Crippen molar-refractivity contribution < 1.29 is 9.90 Å². The number of hydrogen-bond acceptors (Lipinski definition) is 2. The molecule has 0 aromatic carbocycles. The second-order valence-electron chi connectivity index (χ2n) is 7.14. The summed E-state index contributed by atoms with van der Waals surface area (Å²) in [6, 6.07) is 0. The molecule has 104 valence electrons. The molecule has 18 heavy (non-hydrogen) atoms. The van der Waals surface area contributed by atoms with E-state index in [1.54, 1.807) is 0 Å². The van der Waals surface area contributed by atoms with E-state index < -0.39 is 0 Å². The lowest BCUT2D eigenvalue weighted by molar-refractivity contribution is -0.136. The van der Waals surface area contributed by atoms with Crippen molar-refractivity contribution in [3.05, 3.63) is 0 Å². The monoisotopic (exact) mass is 253 g/mol. The van der Waals surface area contributed by atoms with Crippen LogP contribution in [0, 0.1) is 17.3 Å². The second-order valence-corrected chi connectivity index (χ2v) is 7.14. The zero-order chi connectivity index (χ0) is 13.3. The van der Waals surface area contributed by atoms with Crippen LogP contribution in [0.4, 0.5) is 0 Å². The summed E-state index contributed by atoms with van der Waals surface area (Å²) in [7, 11) is 0. The van der Waals surface area contributed by atoms with Crippen molar-refractivity contribution in [3.63, 3.8) is 0 Å². The number of carbonyl (C=O) groups is 1. The van der Waals surface area contributed by atoms with Gasteiger partial charge in [0.15, 0.2) is 0 Å². The first kappa shape index (κ1) is 13.9. The van der Waals surface area contributed by atoms with Gasteiger partial charge in [-0.2, -0.15) is 0 Å². The quantitative estimate of drug-likeness (QED) is 0.779.